The summed E-state index contributed by atoms with van der Waals surface area (Å²) in [5.74, 6) is -1.31. The van der Waals surface area contributed by atoms with Gasteiger partial charge >= 0.3 is 5.97 Å². The van der Waals surface area contributed by atoms with Crippen molar-refractivity contribution in [2.45, 2.75) is 17.4 Å². The third-order valence-electron chi connectivity index (χ3n) is 5.21. The average Bonchev–Trinajstić information content (AvgIpc) is 2.83. The lowest BCUT2D eigenvalue weighted by atomic mass is 10.1. The van der Waals surface area contributed by atoms with Crippen molar-refractivity contribution in [2.75, 3.05) is 38.2 Å². The number of Topliss-reactive ketones (excluding diaryl/α,β-unsaturated/α-hetero) is 1. The third-order valence-corrected chi connectivity index (χ3v) is 7.12. The minimum Gasteiger partial charge on any atom is -0.478 e. The van der Waals surface area contributed by atoms with Gasteiger partial charge in [-0.15, -0.1) is 0 Å². The lowest BCUT2D eigenvalue weighted by molar-refractivity contribution is -0.146. The fourth-order valence-electron chi connectivity index (χ4n) is 3.42. The normalized spacial score (nSPS) is 18.5. The number of hydrogen-bond donors (Lipinski definition) is 1. The van der Waals surface area contributed by atoms with Crippen molar-refractivity contribution in [3.63, 3.8) is 0 Å². The van der Waals surface area contributed by atoms with Crippen LogP contribution in [-0.4, -0.2) is 69.4 Å². The molecule has 0 saturated carbocycles. The number of fused-ring (bicyclic) bond motifs is 1. The molecule has 1 N–H and O–H groups in total. The Kier molecular flexibility index (Phi) is 6.72. The number of ether oxygens (including phenoxy) is 3. The number of benzene rings is 2. The molecule has 10 nitrogen and oxygen atoms in total. The second kappa shape index (κ2) is 9.69. The topological polar surface area (TPSA) is 128 Å². The molecule has 174 valence electrons. The molecule has 0 spiro atoms. The molecule has 1 amide bonds. The number of anilines is 1. The highest BCUT2D eigenvalue weighted by Gasteiger charge is 2.30. The van der Waals surface area contributed by atoms with Crippen LogP contribution in [-0.2, 0) is 29.1 Å². The number of sulfonamides is 1. The number of morpholine rings is 1. The van der Waals surface area contributed by atoms with E-state index in [2.05, 4.69) is 5.32 Å². The summed E-state index contributed by atoms with van der Waals surface area (Å²) in [5.41, 5.74) is 0.714. The lowest BCUT2D eigenvalue weighted by Gasteiger charge is -2.26. The number of hydrogen-bond acceptors (Lipinski definition) is 8. The van der Waals surface area contributed by atoms with Gasteiger partial charge < -0.3 is 19.5 Å². The molecule has 2 heterocycles. The maximum atomic E-state index is 12.6. The van der Waals surface area contributed by atoms with Crippen LogP contribution in [0.1, 0.15) is 16.8 Å². The molecule has 0 bridgehead atoms. The predicted molar refractivity (Wildman–Crippen MR) is 115 cm³/mol. The van der Waals surface area contributed by atoms with E-state index in [9.17, 15) is 22.8 Å². The largest absolute Gasteiger partial charge is 0.478 e. The number of carbonyl (C=O) groups is 3. The van der Waals surface area contributed by atoms with Gasteiger partial charge in [0.05, 0.1) is 30.2 Å². The van der Waals surface area contributed by atoms with Crippen LogP contribution in [0.3, 0.4) is 0 Å². The van der Waals surface area contributed by atoms with Crippen molar-refractivity contribution >= 4 is 33.4 Å². The van der Waals surface area contributed by atoms with Crippen molar-refractivity contribution < 1.29 is 37.0 Å². The van der Waals surface area contributed by atoms with E-state index < -0.39 is 40.4 Å². The molecule has 0 radical (unpaired) electrons. The predicted octanol–water partition coefficient (Wildman–Crippen LogP) is 1.22. The molecule has 2 aliphatic rings. The van der Waals surface area contributed by atoms with Crippen LogP contribution in [0.4, 0.5) is 5.69 Å². The number of esters is 1. The number of para-hydroxylation sites is 2. The molecule has 2 aromatic carbocycles. The Morgan fingerprint density at radius 1 is 1.06 bits per heavy atom. The number of nitrogens with zero attached hydrogens (tertiary/aromatic N) is 1. The third kappa shape index (κ3) is 5.21. The van der Waals surface area contributed by atoms with E-state index in [0.29, 0.717) is 24.7 Å². The molecular weight excluding hydrogens is 452 g/mol. The SMILES string of the molecule is O=C(CC1Oc2ccccc2NC1=O)OCC(=O)c1ccc(S(=O)(=O)N2CCOCC2)cc1. The van der Waals surface area contributed by atoms with Crippen LogP contribution in [0.15, 0.2) is 53.4 Å². The fourth-order valence-corrected chi connectivity index (χ4v) is 4.82. The average molecular weight is 474 g/mol. The number of carbonyl (C=O) groups excluding carboxylic acids is 3. The van der Waals surface area contributed by atoms with Crippen LogP contribution < -0.4 is 10.1 Å². The summed E-state index contributed by atoms with van der Waals surface area (Å²) < 4.78 is 42.3. The molecule has 2 aromatic rings. The Morgan fingerprint density at radius 3 is 2.48 bits per heavy atom. The van der Waals surface area contributed by atoms with Crippen molar-refractivity contribution in [3.05, 3.63) is 54.1 Å². The van der Waals surface area contributed by atoms with E-state index in [1.54, 1.807) is 24.3 Å². The van der Waals surface area contributed by atoms with Gasteiger partial charge in [0, 0.05) is 18.7 Å². The highest BCUT2D eigenvalue weighted by Crippen LogP contribution is 2.29. The van der Waals surface area contributed by atoms with Crippen molar-refractivity contribution in [2.24, 2.45) is 0 Å². The van der Waals surface area contributed by atoms with Gasteiger partial charge in [-0.3, -0.25) is 14.4 Å². The number of nitrogens with one attached hydrogen (secondary N) is 1. The zero-order valence-corrected chi connectivity index (χ0v) is 18.4. The molecule has 0 aromatic heterocycles. The minimum absolute atomic E-state index is 0.0682. The number of rotatable bonds is 7. The molecule has 1 saturated heterocycles. The first kappa shape index (κ1) is 22.9. The van der Waals surface area contributed by atoms with Gasteiger partial charge in [0.2, 0.25) is 10.0 Å². The molecule has 11 heteroatoms. The molecule has 1 unspecified atom stereocenters. The van der Waals surface area contributed by atoms with E-state index in [-0.39, 0.29) is 30.0 Å². The van der Waals surface area contributed by atoms with Gasteiger partial charge in [0.1, 0.15) is 5.75 Å². The van der Waals surface area contributed by atoms with Crippen molar-refractivity contribution in [1.82, 2.24) is 4.31 Å². The Labute approximate surface area is 190 Å². The summed E-state index contributed by atoms with van der Waals surface area (Å²) in [5, 5.41) is 2.65. The van der Waals surface area contributed by atoms with Gasteiger partial charge in [-0.05, 0) is 36.4 Å². The van der Waals surface area contributed by atoms with E-state index in [0.717, 1.165) is 0 Å². The molecule has 33 heavy (non-hydrogen) atoms. The smallest absolute Gasteiger partial charge is 0.310 e. The van der Waals surface area contributed by atoms with Gasteiger partial charge in [-0.2, -0.15) is 4.31 Å². The summed E-state index contributed by atoms with van der Waals surface area (Å²) >= 11 is 0. The maximum absolute atomic E-state index is 12.6. The first-order valence-corrected chi connectivity index (χ1v) is 11.7. The zero-order valence-electron chi connectivity index (χ0n) is 17.6. The summed E-state index contributed by atoms with van der Waals surface area (Å²) in [6.45, 7) is 0.669. The van der Waals surface area contributed by atoms with Gasteiger partial charge in [-0.25, -0.2) is 8.42 Å². The van der Waals surface area contributed by atoms with Crippen LogP contribution in [0.2, 0.25) is 0 Å². The zero-order chi connectivity index (χ0) is 23.4. The first-order chi connectivity index (χ1) is 15.8. The van der Waals surface area contributed by atoms with E-state index in [4.69, 9.17) is 14.2 Å². The monoisotopic (exact) mass is 474 g/mol. The Morgan fingerprint density at radius 2 is 1.76 bits per heavy atom. The summed E-state index contributed by atoms with van der Waals surface area (Å²) in [6.07, 6.45) is -1.42. The summed E-state index contributed by atoms with van der Waals surface area (Å²) in [7, 11) is -3.67. The van der Waals surface area contributed by atoms with Crippen molar-refractivity contribution in [1.29, 1.82) is 0 Å². The van der Waals surface area contributed by atoms with Gasteiger partial charge in [-0.1, -0.05) is 12.1 Å². The molecule has 1 atom stereocenters. The Bertz CT molecular complexity index is 1160. The molecular formula is C22H22N2O8S. The van der Waals surface area contributed by atoms with Crippen LogP contribution in [0, 0.1) is 0 Å². The van der Waals surface area contributed by atoms with E-state index >= 15 is 0 Å². The molecule has 0 aliphatic carbocycles. The standard InChI is InChI=1S/C22H22N2O8S/c25-18(15-5-7-16(8-6-15)33(28,29)24-9-11-30-12-10-24)14-31-21(26)13-20-22(27)23-17-3-1-2-4-19(17)32-20/h1-8,20H,9-14H2,(H,23,27). The maximum Gasteiger partial charge on any atom is 0.310 e. The summed E-state index contributed by atoms with van der Waals surface area (Å²) in [6, 6.07) is 12.3. The molecule has 4 rings (SSSR count). The minimum atomic E-state index is -3.67. The lowest BCUT2D eigenvalue weighted by Crippen LogP contribution is -2.40. The summed E-state index contributed by atoms with van der Waals surface area (Å²) in [4.78, 5) is 36.7. The highest BCUT2D eigenvalue weighted by atomic mass is 32.2. The van der Waals surface area contributed by atoms with Crippen molar-refractivity contribution in [3.8, 4) is 5.75 Å². The number of amides is 1. The van der Waals surface area contributed by atoms with E-state index in [1.165, 1.54) is 28.6 Å². The van der Waals surface area contributed by atoms with Gasteiger partial charge in [0.15, 0.2) is 18.5 Å². The van der Waals surface area contributed by atoms with Gasteiger partial charge in [0.25, 0.3) is 5.91 Å². The Balaban J connectivity index is 1.30. The number of ketones is 1. The highest BCUT2D eigenvalue weighted by molar-refractivity contribution is 7.89. The molecule has 2 aliphatic heterocycles. The first-order valence-electron chi connectivity index (χ1n) is 10.3. The van der Waals surface area contributed by atoms with E-state index in [1.807, 2.05) is 0 Å². The second-order valence-corrected chi connectivity index (χ2v) is 9.36. The van der Waals surface area contributed by atoms with Crippen LogP contribution in [0.5, 0.6) is 5.75 Å². The fraction of sp³-hybridized carbons (Fsp3) is 0.318. The quantitative estimate of drug-likeness (QED) is 0.469. The Hall–Kier alpha value is -3.28. The van der Waals surface area contributed by atoms with Crippen LogP contribution >= 0.6 is 0 Å². The molecule has 1 fully saturated rings. The van der Waals surface area contributed by atoms with Crippen LogP contribution in [0.25, 0.3) is 0 Å². The second-order valence-electron chi connectivity index (χ2n) is 7.42.